The maximum atomic E-state index is 12.6. The number of anilines is 2. The van der Waals surface area contributed by atoms with Gasteiger partial charge in [0.05, 0.1) is 11.7 Å². The van der Waals surface area contributed by atoms with Crippen molar-refractivity contribution in [3.8, 4) is 17.1 Å². The molecular formula is C29H31N7O4. The number of nitrogens with one attached hydrogen (secondary N) is 2. The Labute approximate surface area is 231 Å². The number of nitrogens with zero attached hydrogens (tertiary/aromatic N) is 5. The van der Waals surface area contributed by atoms with Gasteiger partial charge in [-0.1, -0.05) is 12.1 Å². The summed E-state index contributed by atoms with van der Waals surface area (Å²) >= 11 is 0. The molecule has 0 spiro atoms. The van der Waals surface area contributed by atoms with Gasteiger partial charge < -0.3 is 20.1 Å². The fourth-order valence-electron chi connectivity index (χ4n) is 4.08. The SMILES string of the molecule is CC(C)NC(=O)COc1cccc(-c2nc(Nc3ccc4c(cnn4C(=O)OC(C)(C)C)c3)c3cccn3n2)c1. The lowest BCUT2D eigenvalue weighted by molar-refractivity contribution is -0.123. The van der Waals surface area contributed by atoms with Crippen LogP contribution < -0.4 is 15.4 Å². The molecule has 3 heterocycles. The number of aromatic nitrogens is 5. The highest BCUT2D eigenvalue weighted by atomic mass is 16.6. The molecule has 0 radical (unpaired) electrons. The summed E-state index contributed by atoms with van der Waals surface area (Å²) in [5.74, 6) is 1.42. The van der Waals surface area contributed by atoms with Crippen molar-refractivity contribution in [3.63, 3.8) is 0 Å². The van der Waals surface area contributed by atoms with E-state index in [1.165, 1.54) is 4.68 Å². The number of hydrogen-bond acceptors (Lipinski definition) is 8. The van der Waals surface area contributed by atoms with Crippen LogP contribution in [0.2, 0.25) is 0 Å². The molecule has 0 aliphatic rings. The van der Waals surface area contributed by atoms with Crippen LogP contribution in [0.1, 0.15) is 34.6 Å². The molecule has 0 fully saturated rings. The molecule has 40 heavy (non-hydrogen) atoms. The zero-order valence-electron chi connectivity index (χ0n) is 23.0. The van der Waals surface area contributed by atoms with E-state index >= 15 is 0 Å². The molecule has 0 aliphatic carbocycles. The fourth-order valence-corrected chi connectivity index (χ4v) is 4.08. The largest absolute Gasteiger partial charge is 0.484 e. The van der Waals surface area contributed by atoms with E-state index in [9.17, 15) is 9.59 Å². The number of hydrogen-bond donors (Lipinski definition) is 2. The molecule has 2 N–H and O–H groups in total. The first-order valence-corrected chi connectivity index (χ1v) is 12.9. The third-order valence-corrected chi connectivity index (χ3v) is 5.70. The Bertz CT molecular complexity index is 1700. The van der Waals surface area contributed by atoms with E-state index in [0.717, 1.165) is 22.2 Å². The van der Waals surface area contributed by atoms with E-state index in [-0.39, 0.29) is 18.6 Å². The van der Waals surface area contributed by atoms with Gasteiger partial charge in [-0.05, 0) is 77.1 Å². The van der Waals surface area contributed by atoms with Crippen LogP contribution >= 0.6 is 0 Å². The van der Waals surface area contributed by atoms with Crippen molar-refractivity contribution >= 4 is 39.9 Å². The van der Waals surface area contributed by atoms with Crippen LogP contribution in [0, 0.1) is 0 Å². The molecule has 0 atom stereocenters. The van der Waals surface area contributed by atoms with Crippen LogP contribution in [-0.4, -0.2) is 54.6 Å². The Morgan fingerprint density at radius 3 is 2.62 bits per heavy atom. The monoisotopic (exact) mass is 541 g/mol. The summed E-state index contributed by atoms with van der Waals surface area (Å²) in [6.45, 7) is 9.15. The first kappa shape index (κ1) is 26.7. The van der Waals surface area contributed by atoms with Gasteiger partial charge >= 0.3 is 6.09 Å². The van der Waals surface area contributed by atoms with E-state index in [2.05, 4.69) is 20.8 Å². The molecule has 2 aromatic carbocycles. The van der Waals surface area contributed by atoms with Crippen molar-refractivity contribution < 1.29 is 19.1 Å². The van der Waals surface area contributed by atoms with Crippen LogP contribution in [-0.2, 0) is 9.53 Å². The Morgan fingerprint density at radius 1 is 1.02 bits per heavy atom. The predicted molar refractivity (Wildman–Crippen MR) is 152 cm³/mol. The van der Waals surface area contributed by atoms with E-state index < -0.39 is 11.7 Å². The molecule has 0 unspecified atom stereocenters. The van der Waals surface area contributed by atoms with Crippen LogP contribution in [0.4, 0.5) is 16.3 Å². The molecule has 0 saturated heterocycles. The second kappa shape index (κ2) is 10.7. The summed E-state index contributed by atoms with van der Waals surface area (Å²) in [4.78, 5) is 29.3. The number of carbonyl (C=O) groups is 2. The van der Waals surface area contributed by atoms with Crippen LogP contribution in [0.25, 0.3) is 27.8 Å². The second-order valence-electron chi connectivity index (χ2n) is 10.6. The maximum Gasteiger partial charge on any atom is 0.435 e. The van der Waals surface area contributed by atoms with Crippen LogP contribution in [0.5, 0.6) is 5.75 Å². The smallest absolute Gasteiger partial charge is 0.435 e. The number of benzene rings is 2. The van der Waals surface area contributed by atoms with Gasteiger partial charge in [0.15, 0.2) is 18.2 Å². The minimum atomic E-state index is -0.627. The zero-order valence-corrected chi connectivity index (χ0v) is 23.0. The second-order valence-corrected chi connectivity index (χ2v) is 10.6. The van der Waals surface area contributed by atoms with Gasteiger partial charge in [0.2, 0.25) is 0 Å². The van der Waals surface area contributed by atoms with Crippen molar-refractivity contribution in [1.82, 2.24) is 29.7 Å². The number of fused-ring (bicyclic) bond motifs is 2. The van der Waals surface area contributed by atoms with Gasteiger partial charge in [0.1, 0.15) is 16.9 Å². The van der Waals surface area contributed by atoms with Crippen molar-refractivity contribution in [3.05, 3.63) is 67.0 Å². The Hall–Kier alpha value is -4.93. The molecule has 206 valence electrons. The summed E-state index contributed by atoms with van der Waals surface area (Å²) in [6, 6.07) is 16.7. The molecule has 1 amide bonds. The minimum absolute atomic E-state index is 0.0388. The van der Waals surface area contributed by atoms with Gasteiger partial charge in [-0.15, -0.1) is 5.10 Å². The number of amides is 1. The van der Waals surface area contributed by atoms with Crippen molar-refractivity contribution in [1.29, 1.82) is 0 Å². The topological polar surface area (TPSA) is 125 Å². The average molecular weight is 542 g/mol. The average Bonchev–Trinajstić information content (AvgIpc) is 3.53. The number of ether oxygens (including phenoxy) is 2. The molecule has 3 aromatic heterocycles. The molecule has 0 saturated carbocycles. The van der Waals surface area contributed by atoms with Gasteiger partial charge in [-0.25, -0.2) is 14.3 Å². The Kier molecular flexibility index (Phi) is 7.12. The molecule has 0 aliphatic heterocycles. The molecule has 0 bridgehead atoms. The third kappa shape index (κ3) is 6.04. The van der Waals surface area contributed by atoms with Gasteiger partial charge in [0, 0.05) is 28.9 Å². The predicted octanol–water partition coefficient (Wildman–Crippen LogP) is 5.18. The normalized spacial score (nSPS) is 11.7. The quantitative estimate of drug-likeness (QED) is 0.289. The highest BCUT2D eigenvalue weighted by Crippen LogP contribution is 2.28. The van der Waals surface area contributed by atoms with E-state index in [1.807, 2.05) is 83.3 Å². The van der Waals surface area contributed by atoms with E-state index in [0.29, 0.717) is 22.9 Å². The highest BCUT2D eigenvalue weighted by molar-refractivity contribution is 5.90. The molecule has 11 nitrogen and oxygen atoms in total. The lowest BCUT2D eigenvalue weighted by Gasteiger charge is -2.19. The van der Waals surface area contributed by atoms with Crippen molar-refractivity contribution in [2.75, 3.05) is 11.9 Å². The van der Waals surface area contributed by atoms with E-state index in [4.69, 9.17) is 14.5 Å². The molecule has 11 heteroatoms. The first-order valence-electron chi connectivity index (χ1n) is 12.9. The van der Waals surface area contributed by atoms with Gasteiger partial charge in [-0.2, -0.15) is 9.78 Å². The summed E-state index contributed by atoms with van der Waals surface area (Å²) in [6.07, 6.45) is 2.93. The minimum Gasteiger partial charge on any atom is -0.484 e. The molecular weight excluding hydrogens is 510 g/mol. The summed E-state index contributed by atoms with van der Waals surface area (Å²) in [5.41, 5.74) is 2.28. The number of rotatable bonds is 7. The standard InChI is InChI=1S/C29H31N7O4/c1-18(2)31-25(37)17-39-22-9-6-8-19(15-22)26-33-27(24-10-7-13-35(24)34-26)32-21-11-12-23-20(14-21)16-30-36(23)28(38)40-29(3,4)5/h6-16,18H,17H2,1-5H3,(H,31,37)(H,32,33,34). The molecule has 5 aromatic rings. The van der Waals surface area contributed by atoms with Crippen molar-refractivity contribution in [2.24, 2.45) is 0 Å². The Balaban J connectivity index is 1.40. The van der Waals surface area contributed by atoms with Gasteiger partial charge in [-0.3, -0.25) is 4.79 Å². The number of carbonyl (C=O) groups excluding carboxylic acids is 2. The third-order valence-electron chi connectivity index (χ3n) is 5.70. The summed E-state index contributed by atoms with van der Waals surface area (Å²) < 4.78 is 14.1. The summed E-state index contributed by atoms with van der Waals surface area (Å²) in [5, 5.41) is 15.8. The lowest BCUT2D eigenvalue weighted by Crippen LogP contribution is -2.34. The Morgan fingerprint density at radius 2 is 1.85 bits per heavy atom. The van der Waals surface area contributed by atoms with Gasteiger partial charge in [0.25, 0.3) is 5.91 Å². The lowest BCUT2D eigenvalue weighted by atomic mass is 10.2. The summed E-state index contributed by atoms with van der Waals surface area (Å²) in [7, 11) is 0. The molecule has 5 rings (SSSR count). The van der Waals surface area contributed by atoms with Crippen molar-refractivity contribution in [2.45, 2.75) is 46.3 Å². The fraction of sp³-hybridized carbons (Fsp3) is 0.276. The maximum absolute atomic E-state index is 12.6. The van der Waals surface area contributed by atoms with E-state index in [1.54, 1.807) is 22.8 Å². The first-order chi connectivity index (χ1) is 19.1. The highest BCUT2D eigenvalue weighted by Gasteiger charge is 2.20. The zero-order chi connectivity index (χ0) is 28.4. The van der Waals surface area contributed by atoms with Crippen LogP contribution in [0.3, 0.4) is 0 Å². The van der Waals surface area contributed by atoms with Crippen LogP contribution in [0.15, 0.2) is 67.0 Å².